The van der Waals surface area contributed by atoms with E-state index in [0.717, 1.165) is 0 Å². The molecule has 3 N–H and O–H groups in total. The highest BCUT2D eigenvalue weighted by atomic mass is 35.5. The van der Waals surface area contributed by atoms with Crippen molar-refractivity contribution >= 4 is 35.3 Å². The van der Waals surface area contributed by atoms with E-state index in [-0.39, 0.29) is 23.6 Å². The molecule has 1 aliphatic heterocycles. The lowest BCUT2D eigenvalue weighted by atomic mass is 10.1. The number of hydrogen-bond donors (Lipinski definition) is 3. The third-order valence-corrected chi connectivity index (χ3v) is 5.14. The van der Waals surface area contributed by atoms with Gasteiger partial charge in [0.2, 0.25) is 11.8 Å². The van der Waals surface area contributed by atoms with Crippen molar-refractivity contribution in [3.8, 4) is 0 Å². The fourth-order valence-corrected chi connectivity index (χ4v) is 3.62. The fourth-order valence-electron chi connectivity index (χ4n) is 3.39. The molecule has 0 aliphatic carbocycles. The number of carboxylic acid groups (broad SMARTS) is 1. The second kappa shape index (κ2) is 10.9. The Balaban J connectivity index is 2.01. The number of halogens is 1. The van der Waals surface area contributed by atoms with Crippen LogP contribution < -0.4 is 10.6 Å². The number of carbonyl (C=O) groups excluding carboxylic acids is 3. The van der Waals surface area contributed by atoms with Gasteiger partial charge in [0, 0.05) is 13.7 Å². The third-order valence-electron chi connectivity index (χ3n) is 4.81. The number of ether oxygens (including phenoxy) is 1. The molecule has 9 nitrogen and oxygen atoms in total. The Labute approximate surface area is 179 Å². The number of amides is 3. The lowest BCUT2D eigenvalue weighted by Gasteiger charge is -2.28. The van der Waals surface area contributed by atoms with Crippen molar-refractivity contribution < 1.29 is 29.0 Å². The number of rotatable bonds is 9. The molecule has 0 unspecified atom stereocenters. The maximum absolute atomic E-state index is 12.9. The molecule has 1 aromatic carbocycles. The highest BCUT2D eigenvalue weighted by Crippen LogP contribution is 2.20. The van der Waals surface area contributed by atoms with Crippen molar-refractivity contribution in [2.75, 3.05) is 20.3 Å². The van der Waals surface area contributed by atoms with Crippen LogP contribution >= 0.6 is 11.6 Å². The van der Waals surface area contributed by atoms with Gasteiger partial charge in [-0.3, -0.25) is 19.2 Å². The van der Waals surface area contributed by atoms with Crippen LogP contribution in [0.3, 0.4) is 0 Å². The van der Waals surface area contributed by atoms with Crippen LogP contribution in [0.15, 0.2) is 24.3 Å². The number of likely N-dealkylation sites (tertiary alicyclic amines) is 1. The van der Waals surface area contributed by atoms with Crippen molar-refractivity contribution in [2.24, 2.45) is 0 Å². The van der Waals surface area contributed by atoms with E-state index in [1.54, 1.807) is 31.2 Å². The number of methoxy groups -OCH3 is 1. The van der Waals surface area contributed by atoms with E-state index < -0.39 is 41.8 Å². The first kappa shape index (κ1) is 23.6. The zero-order valence-corrected chi connectivity index (χ0v) is 17.6. The average Bonchev–Trinajstić information content (AvgIpc) is 3.17. The summed E-state index contributed by atoms with van der Waals surface area (Å²) in [7, 11) is 1.41. The molecule has 10 heteroatoms. The van der Waals surface area contributed by atoms with E-state index in [1.165, 1.54) is 12.0 Å². The van der Waals surface area contributed by atoms with Crippen molar-refractivity contribution in [3.63, 3.8) is 0 Å². The molecule has 1 aliphatic rings. The molecule has 1 saturated heterocycles. The molecule has 0 radical (unpaired) electrons. The molecule has 1 aromatic rings. The van der Waals surface area contributed by atoms with Crippen molar-refractivity contribution in [1.29, 1.82) is 0 Å². The van der Waals surface area contributed by atoms with Crippen LogP contribution in [0.4, 0.5) is 0 Å². The van der Waals surface area contributed by atoms with E-state index >= 15 is 0 Å². The van der Waals surface area contributed by atoms with Crippen LogP contribution in [0.2, 0.25) is 5.02 Å². The Morgan fingerprint density at radius 1 is 1.27 bits per heavy atom. The molecule has 164 valence electrons. The van der Waals surface area contributed by atoms with Gasteiger partial charge in [0.25, 0.3) is 5.91 Å². The van der Waals surface area contributed by atoms with Crippen molar-refractivity contribution in [3.05, 3.63) is 34.9 Å². The van der Waals surface area contributed by atoms with Gasteiger partial charge in [-0.05, 0) is 31.9 Å². The summed E-state index contributed by atoms with van der Waals surface area (Å²) in [6.07, 6.45) is 0.795. The van der Waals surface area contributed by atoms with Crippen molar-refractivity contribution in [1.82, 2.24) is 15.5 Å². The maximum atomic E-state index is 12.9. The summed E-state index contributed by atoms with van der Waals surface area (Å²) in [6, 6.07) is 4.21. The van der Waals surface area contributed by atoms with Gasteiger partial charge in [0.05, 0.1) is 29.7 Å². The predicted molar refractivity (Wildman–Crippen MR) is 109 cm³/mol. The third kappa shape index (κ3) is 6.17. The molecule has 30 heavy (non-hydrogen) atoms. The molecule has 0 saturated carbocycles. The first-order chi connectivity index (χ1) is 14.2. The van der Waals surface area contributed by atoms with Gasteiger partial charge < -0.3 is 25.4 Å². The SMILES string of the molecule is COC[C@H](CC(=O)O)NC(=O)[C@@H]1CCCN1C(=O)[C@H](C)NC(=O)c1ccccc1Cl. The first-order valence-corrected chi connectivity index (χ1v) is 9.99. The van der Waals surface area contributed by atoms with Crippen LogP contribution in [-0.4, -0.2) is 72.1 Å². The van der Waals surface area contributed by atoms with E-state index in [1.807, 2.05) is 0 Å². The topological polar surface area (TPSA) is 125 Å². The average molecular weight is 440 g/mol. The molecular weight excluding hydrogens is 414 g/mol. The summed E-state index contributed by atoms with van der Waals surface area (Å²) in [5.41, 5.74) is 0.255. The molecule has 3 atom stereocenters. The van der Waals surface area contributed by atoms with Gasteiger partial charge in [0.15, 0.2) is 0 Å². The van der Waals surface area contributed by atoms with E-state index in [0.29, 0.717) is 19.4 Å². The number of benzene rings is 1. The number of nitrogens with zero attached hydrogens (tertiary/aromatic N) is 1. The Hall–Kier alpha value is -2.65. The Morgan fingerprint density at radius 2 is 1.97 bits per heavy atom. The summed E-state index contributed by atoms with van der Waals surface area (Å²) in [6.45, 7) is 1.96. The predicted octanol–water partition coefficient (Wildman–Crippen LogP) is 1.06. The van der Waals surface area contributed by atoms with Crippen LogP contribution in [0.1, 0.15) is 36.5 Å². The minimum absolute atomic E-state index is 0.0446. The second-order valence-electron chi connectivity index (χ2n) is 7.12. The molecule has 0 bridgehead atoms. The molecular formula is C20H26ClN3O6. The normalized spacial score (nSPS) is 17.8. The molecule has 0 spiro atoms. The standard InChI is InChI=1S/C20H26ClN3O6/c1-12(22-18(27)14-6-3-4-7-15(14)21)20(29)24-9-5-8-16(24)19(28)23-13(11-30-2)10-17(25)26/h3-4,6-7,12-13,16H,5,8-11H2,1-2H3,(H,22,27)(H,23,28)(H,25,26)/t12-,13-,16-/m0/s1. The summed E-state index contributed by atoms with van der Waals surface area (Å²) in [5, 5.41) is 14.5. The Morgan fingerprint density at radius 3 is 2.60 bits per heavy atom. The zero-order chi connectivity index (χ0) is 22.3. The maximum Gasteiger partial charge on any atom is 0.305 e. The minimum Gasteiger partial charge on any atom is -0.481 e. The van der Waals surface area contributed by atoms with E-state index in [4.69, 9.17) is 21.4 Å². The smallest absolute Gasteiger partial charge is 0.305 e. The van der Waals surface area contributed by atoms with E-state index in [2.05, 4.69) is 10.6 Å². The lowest BCUT2D eigenvalue weighted by Crippen LogP contribution is -2.54. The molecule has 1 heterocycles. The largest absolute Gasteiger partial charge is 0.481 e. The van der Waals surface area contributed by atoms with Gasteiger partial charge in [-0.15, -0.1) is 0 Å². The van der Waals surface area contributed by atoms with Gasteiger partial charge in [-0.2, -0.15) is 0 Å². The van der Waals surface area contributed by atoms with E-state index in [9.17, 15) is 19.2 Å². The Bertz CT molecular complexity index is 803. The highest BCUT2D eigenvalue weighted by Gasteiger charge is 2.37. The first-order valence-electron chi connectivity index (χ1n) is 9.61. The quantitative estimate of drug-likeness (QED) is 0.528. The van der Waals surface area contributed by atoms with Gasteiger partial charge in [0.1, 0.15) is 12.1 Å². The molecule has 3 amide bonds. The number of nitrogens with one attached hydrogen (secondary N) is 2. The highest BCUT2D eigenvalue weighted by molar-refractivity contribution is 6.33. The number of carbonyl (C=O) groups is 4. The van der Waals surface area contributed by atoms with Gasteiger partial charge >= 0.3 is 5.97 Å². The summed E-state index contributed by atoms with van der Waals surface area (Å²) in [5.74, 6) is -2.38. The molecule has 1 fully saturated rings. The van der Waals surface area contributed by atoms with Crippen LogP contribution in [0.5, 0.6) is 0 Å². The van der Waals surface area contributed by atoms with Crippen LogP contribution in [0, 0.1) is 0 Å². The summed E-state index contributed by atoms with van der Waals surface area (Å²) < 4.78 is 4.96. The van der Waals surface area contributed by atoms with Crippen molar-refractivity contribution in [2.45, 2.75) is 44.3 Å². The molecule has 2 rings (SSSR count). The summed E-state index contributed by atoms with van der Waals surface area (Å²) in [4.78, 5) is 50.4. The lowest BCUT2D eigenvalue weighted by molar-refractivity contribution is -0.141. The summed E-state index contributed by atoms with van der Waals surface area (Å²) >= 11 is 6.02. The van der Waals surface area contributed by atoms with Crippen LogP contribution in [-0.2, 0) is 19.1 Å². The number of carboxylic acids is 1. The van der Waals surface area contributed by atoms with Gasteiger partial charge in [-0.1, -0.05) is 23.7 Å². The minimum atomic E-state index is -1.06. The van der Waals surface area contributed by atoms with Crippen LogP contribution in [0.25, 0.3) is 0 Å². The Kier molecular flexibility index (Phi) is 8.61. The number of aliphatic carboxylic acids is 1. The van der Waals surface area contributed by atoms with Gasteiger partial charge in [-0.25, -0.2) is 0 Å². The number of hydrogen-bond acceptors (Lipinski definition) is 5. The fraction of sp³-hybridized carbons (Fsp3) is 0.500. The second-order valence-corrected chi connectivity index (χ2v) is 7.53. The zero-order valence-electron chi connectivity index (χ0n) is 16.9. The molecule has 0 aromatic heterocycles. The monoisotopic (exact) mass is 439 g/mol.